The number of carbonyl (C=O) groups is 3. The molecule has 0 N–H and O–H groups in total. The average molecular weight is 867 g/mol. The second-order valence-electron chi connectivity index (χ2n) is 17.4. The maximum absolute atomic E-state index is 12.8. The van der Waals surface area contributed by atoms with Crippen LogP contribution in [0.15, 0.2) is 60.8 Å². The first-order valence-corrected chi connectivity index (χ1v) is 26.3. The Morgan fingerprint density at radius 3 is 1.13 bits per heavy atom. The van der Waals surface area contributed by atoms with E-state index < -0.39 is 6.10 Å². The van der Waals surface area contributed by atoms with Crippen molar-refractivity contribution in [2.24, 2.45) is 0 Å². The van der Waals surface area contributed by atoms with Crippen molar-refractivity contribution in [1.29, 1.82) is 0 Å². The van der Waals surface area contributed by atoms with E-state index in [1.165, 1.54) is 135 Å². The highest BCUT2D eigenvalue weighted by atomic mass is 16.6. The molecule has 0 aliphatic rings. The molecule has 0 fully saturated rings. The molecule has 0 saturated heterocycles. The molecule has 0 heterocycles. The number of ether oxygens (including phenoxy) is 3. The van der Waals surface area contributed by atoms with E-state index in [0.717, 1.165) is 83.5 Å². The highest BCUT2D eigenvalue weighted by Gasteiger charge is 2.19. The minimum absolute atomic E-state index is 0.0973. The molecular weight excluding hydrogens is 769 g/mol. The Bertz CT molecular complexity index is 1130. The van der Waals surface area contributed by atoms with E-state index in [4.69, 9.17) is 14.2 Å². The van der Waals surface area contributed by atoms with Gasteiger partial charge in [0.1, 0.15) is 13.2 Å². The van der Waals surface area contributed by atoms with Crippen molar-refractivity contribution >= 4 is 17.9 Å². The zero-order chi connectivity index (χ0) is 45.1. The van der Waals surface area contributed by atoms with Crippen molar-refractivity contribution in [3.8, 4) is 0 Å². The lowest BCUT2D eigenvalue weighted by Gasteiger charge is -2.18. The number of carbonyl (C=O) groups excluding carboxylic acids is 3. The van der Waals surface area contributed by atoms with E-state index in [9.17, 15) is 14.4 Å². The molecule has 0 aliphatic carbocycles. The summed E-state index contributed by atoms with van der Waals surface area (Å²) in [4.78, 5) is 37.9. The Hall–Kier alpha value is -2.89. The summed E-state index contributed by atoms with van der Waals surface area (Å²) in [6.07, 6.45) is 62.3. The van der Waals surface area contributed by atoms with Crippen LogP contribution in [0.25, 0.3) is 0 Å². The van der Waals surface area contributed by atoms with E-state index in [-0.39, 0.29) is 37.5 Å². The van der Waals surface area contributed by atoms with Gasteiger partial charge < -0.3 is 14.2 Å². The molecule has 0 bridgehead atoms. The molecule has 0 aliphatic heterocycles. The first kappa shape index (κ1) is 59.1. The summed E-state index contributed by atoms with van der Waals surface area (Å²) in [7, 11) is 0. The van der Waals surface area contributed by atoms with Gasteiger partial charge in [0.15, 0.2) is 6.10 Å². The van der Waals surface area contributed by atoms with Crippen LogP contribution in [0.5, 0.6) is 0 Å². The van der Waals surface area contributed by atoms with Crippen LogP contribution in [0.1, 0.15) is 258 Å². The third-order valence-electron chi connectivity index (χ3n) is 11.3. The van der Waals surface area contributed by atoms with Crippen LogP contribution in [0.3, 0.4) is 0 Å². The average Bonchev–Trinajstić information content (AvgIpc) is 3.27. The number of esters is 3. The predicted molar refractivity (Wildman–Crippen MR) is 265 cm³/mol. The van der Waals surface area contributed by atoms with Crippen LogP contribution < -0.4 is 0 Å². The maximum Gasteiger partial charge on any atom is 0.306 e. The van der Waals surface area contributed by atoms with Gasteiger partial charge in [-0.1, -0.05) is 204 Å². The molecule has 0 aromatic heterocycles. The van der Waals surface area contributed by atoms with Crippen LogP contribution >= 0.6 is 0 Å². The monoisotopic (exact) mass is 867 g/mol. The molecule has 0 aromatic rings. The van der Waals surface area contributed by atoms with Crippen molar-refractivity contribution in [2.75, 3.05) is 13.2 Å². The van der Waals surface area contributed by atoms with Gasteiger partial charge in [0.2, 0.25) is 0 Å². The largest absolute Gasteiger partial charge is 0.462 e. The fourth-order valence-corrected chi connectivity index (χ4v) is 7.29. The Labute approximate surface area is 383 Å². The van der Waals surface area contributed by atoms with Gasteiger partial charge in [-0.15, -0.1) is 0 Å². The van der Waals surface area contributed by atoms with Gasteiger partial charge in [0, 0.05) is 19.3 Å². The summed E-state index contributed by atoms with van der Waals surface area (Å²) in [5.41, 5.74) is 0. The van der Waals surface area contributed by atoms with Gasteiger partial charge in [0.05, 0.1) is 0 Å². The second-order valence-corrected chi connectivity index (χ2v) is 17.4. The van der Waals surface area contributed by atoms with E-state index in [0.29, 0.717) is 12.8 Å². The summed E-state index contributed by atoms with van der Waals surface area (Å²) in [6.45, 7) is 6.46. The highest BCUT2D eigenvalue weighted by molar-refractivity contribution is 5.71. The molecule has 0 spiro atoms. The first-order valence-electron chi connectivity index (χ1n) is 26.3. The van der Waals surface area contributed by atoms with Gasteiger partial charge in [-0.2, -0.15) is 0 Å². The summed E-state index contributed by atoms with van der Waals surface area (Å²) in [5, 5.41) is 0. The van der Waals surface area contributed by atoms with E-state index >= 15 is 0 Å². The topological polar surface area (TPSA) is 78.9 Å². The molecule has 1 atom stereocenters. The van der Waals surface area contributed by atoms with E-state index in [2.05, 4.69) is 81.5 Å². The molecule has 6 nitrogen and oxygen atoms in total. The molecular formula is C56H98O6. The zero-order valence-corrected chi connectivity index (χ0v) is 40.9. The van der Waals surface area contributed by atoms with Crippen LogP contribution in [0.2, 0.25) is 0 Å². The number of unbranched alkanes of at least 4 members (excludes halogenated alkanes) is 27. The number of allylic oxidation sites excluding steroid dienone is 10. The van der Waals surface area contributed by atoms with Crippen LogP contribution in [0.4, 0.5) is 0 Å². The van der Waals surface area contributed by atoms with Gasteiger partial charge in [-0.3, -0.25) is 14.4 Å². The lowest BCUT2D eigenvalue weighted by Crippen LogP contribution is -2.30. The van der Waals surface area contributed by atoms with Crippen LogP contribution in [-0.4, -0.2) is 37.2 Å². The quantitative estimate of drug-likeness (QED) is 0.0199. The molecule has 0 rings (SSSR count). The van der Waals surface area contributed by atoms with Gasteiger partial charge in [0.25, 0.3) is 0 Å². The molecule has 0 saturated carbocycles. The van der Waals surface area contributed by atoms with E-state index in [1.54, 1.807) is 0 Å². The van der Waals surface area contributed by atoms with Crippen LogP contribution in [0, 0.1) is 0 Å². The SMILES string of the molecule is CC/C=C\C/C=C\CCCCC(=O)OCC(COC(=O)CCCCCCCCC/C=C\CCCCCCCCCC)OC(=O)CCCCC/C=C\C=C/CCCCCCCCC. The van der Waals surface area contributed by atoms with Crippen molar-refractivity contribution < 1.29 is 28.6 Å². The third-order valence-corrected chi connectivity index (χ3v) is 11.3. The van der Waals surface area contributed by atoms with Crippen molar-refractivity contribution in [3.63, 3.8) is 0 Å². The smallest absolute Gasteiger partial charge is 0.306 e. The van der Waals surface area contributed by atoms with E-state index in [1.807, 2.05) is 0 Å². The van der Waals surface area contributed by atoms with Gasteiger partial charge >= 0.3 is 17.9 Å². The summed E-state index contributed by atoms with van der Waals surface area (Å²) in [5.74, 6) is -0.963. The van der Waals surface area contributed by atoms with Crippen molar-refractivity contribution in [3.05, 3.63) is 60.8 Å². The molecule has 0 radical (unpaired) electrons. The normalized spacial score (nSPS) is 12.5. The van der Waals surface area contributed by atoms with Gasteiger partial charge in [-0.05, 0) is 96.3 Å². The molecule has 358 valence electrons. The Morgan fingerprint density at radius 1 is 0.355 bits per heavy atom. The minimum atomic E-state index is -0.801. The number of hydrogen-bond donors (Lipinski definition) is 0. The van der Waals surface area contributed by atoms with Crippen molar-refractivity contribution in [1.82, 2.24) is 0 Å². The standard InChI is InChI=1S/C56H98O6/c1-4-7-10-13-16-19-21-23-25-27-28-29-31-32-34-37-40-43-46-49-55(58)61-52-53(51-60-54(57)48-45-42-39-36-18-15-12-9-6-3)62-56(59)50-47-44-41-38-35-33-30-26-24-22-20-17-14-11-8-5-2/h9,12,18,26-28,30,33,35-36,53H,4-8,10-11,13-17,19-25,29,31-32,34,37-52H2,1-3H3/b12-9-,28-27-,30-26-,35-33-,36-18-. The lowest BCUT2D eigenvalue weighted by molar-refractivity contribution is -0.167. The maximum atomic E-state index is 12.8. The third kappa shape index (κ3) is 48.1. The molecule has 62 heavy (non-hydrogen) atoms. The molecule has 0 amide bonds. The van der Waals surface area contributed by atoms with Crippen LogP contribution in [-0.2, 0) is 28.6 Å². The highest BCUT2D eigenvalue weighted by Crippen LogP contribution is 2.14. The fourth-order valence-electron chi connectivity index (χ4n) is 7.29. The Kier molecular flexibility index (Phi) is 48.4. The number of rotatable bonds is 47. The fraction of sp³-hybridized carbons (Fsp3) is 0.768. The molecule has 1 unspecified atom stereocenters. The summed E-state index contributed by atoms with van der Waals surface area (Å²) < 4.78 is 16.7. The minimum Gasteiger partial charge on any atom is -0.462 e. The second kappa shape index (κ2) is 50.8. The summed E-state index contributed by atoms with van der Waals surface area (Å²) >= 11 is 0. The van der Waals surface area contributed by atoms with Crippen molar-refractivity contribution in [2.45, 2.75) is 264 Å². The predicted octanol–water partition coefficient (Wildman–Crippen LogP) is 17.3. The first-order chi connectivity index (χ1) is 30.5. The molecule has 0 aromatic carbocycles. The molecule has 6 heteroatoms. The number of hydrogen-bond acceptors (Lipinski definition) is 6. The Morgan fingerprint density at radius 2 is 0.677 bits per heavy atom. The Balaban J connectivity index is 4.35. The zero-order valence-electron chi connectivity index (χ0n) is 40.9. The lowest BCUT2D eigenvalue weighted by atomic mass is 10.1. The summed E-state index contributed by atoms with van der Waals surface area (Å²) in [6, 6.07) is 0. The van der Waals surface area contributed by atoms with Gasteiger partial charge in [-0.25, -0.2) is 0 Å².